The van der Waals surface area contributed by atoms with Gasteiger partial charge in [0.05, 0.1) is 0 Å². The van der Waals surface area contributed by atoms with Gasteiger partial charge >= 0.3 is 0 Å². The van der Waals surface area contributed by atoms with E-state index >= 15 is 0 Å². The fourth-order valence-electron chi connectivity index (χ4n) is 1.60. The Balaban J connectivity index is 2.90. The van der Waals surface area contributed by atoms with Gasteiger partial charge in [0.15, 0.2) is 0 Å². The summed E-state index contributed by atoms with van der Waals surface area (Å²) in [5, 5.41) is 0. The summed E-state index contributed by atoms with van der Waals surface area (Å²) in [6.07, 6.45) is 2.45. The van der Waals surface area contributed by atoms with Crippen molar-refractivity contribution in [3.8, 4) is 0 Å². The zero-order chi connectivity index (χ0) is 10.8. The first-order valence-electron chi connectivity index (χ1n) is 4.96. The van der Waals surface area contributed by atoms with Crippen molar-refractivity contribution in [3.63, 3.8) is 0 Å². The Morgan fingerprint density at radius 3 is 2.57 bits per heavy atom. The van der Waals surface area contributed by atoms with E-state index in [9.17, 15) is 0 Å². The van der Waals surface area contributed by atoms with Gasteiger partial charge in [-0.05, 0) is 24.0 Å². The van der Waals surface area contributed by atoms with Crippen LogP contribution in [0.5, 0.6) is 0 Å². The maximum Gasteiger partial charge on any atom is 0.0400 e. The smallest absolute Gasteiger partial charge is 0.0400 e. The maximum atomic E-state index is 4.26. The van der Waals surface area contributed by atoms with Crippen LogP contribution in [0.25, 0.3) is 4.91 Å². The Labute approximate surface area is 96.5 Å². The van der Waals surface area contributed by atoms with Gasteiger partial charge in [-0.1, -0.05) is 33.8 Å². The van der Waals surface area contributed by atoms with Crippen molar-refractivity contribution in [2.24, 2.45) is 0 Å². The molecule has 0 aliphatic rings. The molecule has 0 unspecified atom stereocenters. The van der Waals surface area contributed by atoms with Gasteiger partial charge in [-0.15, -0.1) is 24.0 Å². The van der Waals surface area contributed by atoms with Crippen LogP contribution in [-0.2, 0) is 5.41 Å². The Bertz CT molecular complexity index is 321. The highest BCUT2D eigenvalue weighted by atomic mass is 32.1. The molecule has 0 aliphatic carbocycles. The lowest BCUT2D eigenvalue weighted by atomic mass is 9.86. The number of thiol groups is 1. The zero-order valence-corrected chi connectivity index (χ0v) is 10.8. The van der Waals surface area contributed by atoms with Gasteiger partial charge in [-0.2, -0.15) is 0 Å². The van der Waals surface area contributed by atoms with Crippen molar-refractivity contribution in [3.05, 3.63) is 28.5 Å². The Kier molecular flexibility index (Phi) is 3.85. The van der Waals surface area contributed by atoms with E-state index in [1.165, 1.54) is 22.6 Å². The number of rotatable bonds is 4. The van der Waals surface area contributed by atoms with E-state index in [0.29, 0.717) is 5.41 Å². The molecule has 0 bridgehead atoms. The van der Waals surface area contributed by atoms with E-state index in [1.54, 1.807) is 0 Å². The van der Waals surface area contributed by atoms with Gasteiger partial charge in [0.1, 0.15) is 0 Å². The van der Waals surface area contributed by atoms with Crippen molar-refractivity contribution < 1.29 is 0 Å². The summed E-state index contributed by atoms with van der Waals surface area (Å²) in [7, 11) is 0. The molecule has 0 aliphatic heterocycles. The Hall–Kier alpha value is -0.210. The first-order valence-corrected chi connectivity index (χ1v) is 6.22. The molecule has 1 aromatic rings. The summed E-state index contributed by atoms with van der Waals surface area (Å²) in [6, 6.07) is 4.32. The lowest BCUT2D eigenvalue weighted by molar-refractivity contribution is 0.482. The van der Waals surface area contributed by atoms with Crippen LogP contribution in [0, 0.1) is 0 Å². The molecular formula is C12H18S2. The van der Waals surface area contributed by atoms with E-state index in [0.717, 1.165) is 4.91 Å². The van der Waals surface area contributed by atoms with Crippen molar-refractivity contribution in [1.29, 1.82) is 0 Å². The SMILES string of the molecule is C=C(S)c1ccc(C(C)(C)CCC)s1. The molecule has 0 atom stereocenters. The highest BCUT2D eigenvalue weighted by Gasteiger charge is 2.21. The summed E-state index contributed by atoms with van der Waals surface area (Å²) in [5.41, 5.74) is 0.293. The minimum atomic E-state index is 0.293. The van der Waals surface area contributed by atoms with Gasteiger partial charge < -0.3 is 0 Å². The average Bonchev–Trinajstić information content (AvgIpc) is 2.51. The fraction of sp³-hybridized carbons (Fsp3) is 0.500. The van der Waals surface area contributed by atoms with Crippen LogP contribution >= 0.6 is 24.0 Å². The van der Waals surface area contributed by atoms with E-state index in [-0.39, 0.29) is 0 Å². The second-order valence-electron chi connectivity index (χ2n) is 4.24. The van der Waals surface area contributed by atoms with Crippen LogP contribution in [0.4, 0.5) is 0 Å². The molecule has 1 rings (SSSR count). The third-order valence-corrected chi connectivity index (χ3v) is 4.34. The van der Waals surface area contributed by atoms with Gasteiger partial charge in [0, 0.05) is 14.7 Å². The number of hydrogen-bond donors (Lipinski definition) is 1. The lowest BCUT2D eigenvalue weighted by Gasteiger charge is -2.22. The minimum Gasteiger partial charge on any atom is -0.143 e. The van der Waals surface area contributed by atoms with Crippen LogP contribution in [-0.4, -0.2) is 0 Å². The Morgan fingerprint density at radius 2 is 2.14 bits per heavy atom. The highest BCUT2D eigenvalue weighted by molar-refractivity contribution is 7.90. The largest absolute Gasteiger partial charge is 0.143 e. The first kappa shape index (κ1) is 11.9. The second kappa shape index (κ2) is 4.54. The van der Waals surface area contributed by atoms with E-state index < -0.39 is 0 Å². The molecule has 2 heteroatoms. The molecule has 14 heavy (non-hydrogen) atoms. The summed E-state index contributed by atoms with van der Waals surface area (Å²) < 4.78 is 0. The molecule has 0 aromatic carbocycles. The molecule has 0 radical (unpaired) electrons. The molecule has 1 heterocycles. The normalized spacial score (nSPS) is 11.7. The zero-order valence-electron chi connectivity index (χ0n) is 9.13. The molecule has 0 fully saturated rings. The van der Waals surface area contributed by atoms with Crippen molar-refractivity contribution >= 4 is 28.9 Å². The first-order chi connectivity index (χ1) is 6.47. The van der Waals surface area contributed by atoms with E-state index in [1.807, 2.05) is 11.3 Å². The maximum absolute atomic E-state index is 4.26. The summed E-state index contributed by atoms with van der Waals surface area (Å²) >= 11 is 6.08. The number of hydrogen-bond acceptors (Lipinski definition) is 2. The van der Waals surface area contributed by atoms with Crippen molar-refractivity contribution in [2.75, 3.05) is 0 Å². The van der Waals surface area contributed by atoms with E-state index in [2.05, 4.69) is 52.1 Å². The van der Waals surface area contributed by atoms with Crippen LogP contribution in [0.2, 0.25) is 0 Å². The van der Waals surface area contributed by atoms with Crippen LogP contribution in [0.1, 0.15) is 43.4 Å². The molecule has 0 saturated carbocycles. The summed E-state index contributed by atoms with van der Waals surface area (Å²) in [6.45, 7) is 10.7. The monoisotopic (exact) mass is 226 g/mol. The molecule has 0 nitrogen and oxygen atoms in total. The fourth-order valence-corrected chi connectivity index (χ4v) is 2.82. The van der Waals surface area contributed by atoms with E-state index in [4.69, 9.17) is 0 Å². The highest BCUT2D eigenvalue weighted by Crippen LogP contribution is 2.36. The molecule has 0 saturated heterocycles. The van der Waals surface area contributed by atoms with Gasteiger partial charge in [0.2, 0.25) is 0 Å². The predicted octanol–water partition coefficient (Wildman–Crippen LogP) is 4.73. The van der Waals surface area contributed by atoms with Gasteiger partial charge in [-0.3, -0.25) is 0 Å². The molecule has 1 aromatic heterocycles. The quantitative estimate of drug-likeness (QED) is 0.705. The standard InChI is InChI=1S/C12H18S2/c1-5-8-12(3,4)11-7-6-10(14-11)9(2)13/h6-7,13H,2,5,8H2,1,3-4H3. The molecular weight excluding hydrogens is 208 g/mol. The minimum absolute atomic E-state index is 0.293. The van der Waals surface area contributed by atoms with Gasteiger partial charge in [-0.25, -0.2) is 0 Å². The van der Waals surface area contributed by atoms with Crippen LogP contribution in [0.3, 0.4) is 0 Å². The topological polar surface area (TPSA) is 0 Å². The lowest BCUT2D eigenvalue weighted by Crippen LogP contribution is -2.14. The number of thiophene rings is 1. The van der Waals surface area contributed by atoms with Crippen LogP contribution < -0.4 is 0 Å². The molecule has 0 N–H and O–H groups in total. The summed E-state index contributed by atoms with van der Waals surface area (Å²) in [5.74, 6) is 0. The van der Waals surface area contributed by atoms with Gasteiger partial charge in [0.25, 0.3) is 0 Å². The second-order valence-corrected chi connectivity index (χ2v) is 5.87. The Morgan fingerprint density at radius 1 is 1.50 bits per heavy atom. The van der Waals surface area contributed by atoms with Crippen molar-refractivity contribution in [2.45, 2.75) is 39.0 Å². The van der Waals surface area contributed by atoms with Crippen molar-refractivity contribution in [1.82, 2.24) is 0 Å². The molecule has 0 spiro atoms. The van der Waals surface area contributed by atoms with Crippen LogP contribution in [0.15, 0.2) is 18.7 Å². The third kappa shape index (κ3) is 2.64. The average molecular weight is 226 g/mol. The molecule has 0 amide bonds. The molecule has 78 valence electrons. The predicted molar refractivity (Wildman–Crippen MR) is 70.3 cm³/mol. The third-order valence-electron chi connectivity index (χ3n) is 2.43. The summed E-state index contributed by atoms with van der Waals surface area (Å²) in [4.78, 5) is 3.49.